The highest BCUT2D eigenvalue weighted by molar-refractivity contribution is 5.93. The molecule has 64 valence electrons. The highest BCUT2D eigenvalue weighted by Crippen LogP contribution is 2.08. The number of hydrogen-bond donors (Lipinski definition) is 2. The molecule has 0 saturated heterocycles. The van der Waals surface area contributed by atoms with Gasteiger partial charge in [0.1, 0.15) is 0 Å². The van der Waals surface area contributed by atoms with Gasteiger partial charge in [-0.15, -0.1) is 0 Å². The number of aliphatic hydroxyl groups is 1. The average molecular weight is 165 g/mol. The van der Waals surface area contributed by atoms with Gasteiger partial charge in [0.05, 0.1) is 6.61 Å². The molecular weight excluding hydrogens is 154 g/mol. The van der Waals surface area contributed by atoms with E-state index in [4.69, 9.17) is 10.8 Å². The SMILES string of the molecule is Cc1cc(CO)cc(C(N)=O)c1. The van der Waals surface area contributed by atoms with Gasteiger partial charge in [-0.1, -0.05) is 6.07 Å². The summed E-state index contributed by atoms with van der Waals surface area (Å²) in [6.07, 6.45) is 0. The van der Waals surface area contributed by atoms with E-state index < -0.39 is 5.91 Å². The number of carbonyl (C=O) groups is 1. The summed E-state index contributed by atoms with van der Waals surface area (Å²) in [4.78, 5) is 10.8. The monoisotopic (exact) mass is 165 g/mol. The van der Waals surface area contributed by atoms with Crippen LogP contribution >= 0.6 is 0 Å². The fraction of sp³-hybridized carbons (Fsp3) is 0.222. The molecule has 1 aromatic carbocycles. The second-order valence-electron chi connectivity index (χ2n) is 2.73. The van der Waals surface area contributed by atoms with E-state index >= 15 is 0 Å². The van der Waals surface area contributed by atoms with Crippen LogP contribution in [0, 0.1) is 6.92 Å². The lowest BCUT2D eigenvalue weighted by atomic mass is 10.1. The molecular formula is C9H11NO2. The van der Waals surface area contributed by atoms with Crippen molar-refractivity contribution in [2.75, 3.05) is 0 Å². The van der Waals surface area contributed by atoms with Crippen LogP contribution in [0.5, 0.6) is 0 Å². The van der Waals surface area contributed by atoms with Crippen molar-refractivity contribution < 1.29 is 9.90 Å². The zero-order chi connectivity index (χ0) is 9.14. The molecule has 0 fully saturated rings. The largest absolute Gasteiger partial charge is 0.392 e. The number of primary amides is 1. The predicted molar refractivity (Wildman–Crippen MR) is 45.6 cm³/mol. The number of aryl methyl sites for hydroxylation is 1. The number of benzene rings is 1. The van der Waals surface area contributed by atoms with Crippen LogP contribution < -0.4 is 5.73 Å². The van der Waals surface area contributed by atoms with Crippen molar-refractivity contribution in [2.24, 2.45) is 5.73 Å². The van der Waals surface area contributed by atoms with Crippen molar-refractivity contribution in [3.63, 3.8) is 0 Å². The standard InChI is InChI=1S/C9H11NO2/c1-6-2-7(5-11)4-8(3-6)9(10)12/h2-4,11H,5H2,1H3,(H2,10,12). The Kier molecular flexibility index (Phi) is 2.45. The second-order valence-corrected chi connectivity index (χ2v) is 2.73. The van der Waals surface area contributed by atoms with Crippen LogP contribution in [-0.2, 0) is 6.61 Å². The molecule has 3 N–H and O–H groups in total. The molecule has 0 aliphatic carbocycles. The summed E-state index contributed by atoms with van der Waals surface area (Å²) in [5, 5.41) is 8.82. The third-order valence-electron chi connectivity index (χ3n) is 1.60. The summed E-state index contributed by atoms with van der Waals surface area (Å²) in [6, 6.07) is 5.10. The summed E-state index contributed by atoms with van der Waals surface area (Å²) in [6.45, 7) is 1.79. The lowest BCUT2D eigenvalue weighted by Gasteiger charge is -2.01. The Morgan fingerprint density at radius 1 is 1.50 bits per heavy atom. The van der Waals surface area contributed by atoms with Gasteiger partial charge >= 0.3 is 0 Å². The first kappa shape index (κ1) is 8.74. The van der Waals surface area contributed by atoms with Crippen molar-refractivity contribution in [1.29, 1.82) is 0 Å². The van der Waals surface area contributed by atoms with Crippen LogP contribution in [0.15, 0.2) is 18.2 Å². The number of carbonyl (C=O) groups excluding carboxylic acids is 1. The maximum Gasteiger partial charge on any atom is 0.248 e. The Morgan fingerprint density at radius 2 is 2.17 bits per heavy atom. The van der Waals surface area contributed by atoms with E-state index in [1.807, 2.05) is 13.0 Å². The molecule has 0 unspecified atom stereocenters. The minimum Gasteiger partial charge on any atom is -0.392 e. The van der Waals surface area contributed by atoms with Crippen LogP contribution in [0.25, 0.3) is 0 Å². The van der Waals surface area contributed by atoms with Crippen molar-refractivity contribution in [1.82, 2.24) is 0 Å². The Labute approximate surface area is 70.8 Å². The van der Waals surface area contributed by atoms with Crippen molar-refractivity contribution in [3.8, 4) is 0 Å². The van der Waals surface area contributed by atoms with Gasteiger partial charge < -0.3 is 10.8 Å². The number of nitrogens with two attached hydrogens (primary N) is 1. The first-order valence-electron chi connectivity index (χ1n) is 3.64. The van der Waals surface area contributed by atoms with Gasteiger partial charge in [-0.25, -0.2) is 0 Å². The third-order valence-corrected chi connectivity index (χ3v) is 1.60. The first-order valence-corrected chi connectivity index (χ1v) is 3.64. The number of amides is 1. The predicted octanol–water partition coefficient (Wildman–Crippen LogP) is 0.586. The molecule has 1 rings (SSSR count). The van der Waals surface area contributed by atoms with E-state index in [0.717, 1.165) is 5.56 Å². The van der Waals surface area contributed by atoms with E-state index in [1.165, 1.54) is 0 Å². The van der Waals surface area contributed by atoms with Gasteiger partial charge in [-0.2, -0.15) is 0 Å². The van der Waals surface area contributed by atoms with Crippen molar-refractivity contribution >= 4 is 5.91 Å². The minimum absolute atomic E-state index is 0.0675. The fourth-order valence-corrected chi connectivity index (χ4v) is 1.10. The van der Waals surface area contributed by atoms with Gasteiger partial charge in [0.2, 0.25) is 5.91 Å². The van der Waals surface area contributed by atoms with Gasteiger partial charge in [-0.05, 0) is 30.2 Å². The molecule has 0 saturated carbocycles. The van der Waals surface area contributed by atoms with Crippen LogP contribution in [0.2, 0.25) is 0 Å². The first-order chi connectivity index (χ1) is 5.63. The molecule has 3 nitrogen and oxygen atoms in total. The fourth-order valence-electron chi connectivity index (χ4n) is 1.10. The minimum atomic E-state index is -0.464. The van der Waals surface area contributed by atoms with Gasteiger partial charge in [0.25, 0.3) is 0 Å². The number of rotatable bonds is 2. The Balaban J connectivity index is 3.15. The van der Waals surface area contributed by atoms with Crippen molar-refractivity contribution in [3.05, 3.63) is 34.9 Å². The summed E-state index contributed by atoms with van der Waals surface area (Å²) in [7, 11) is 0. The summed E-state index contributed by atoms with van der Waals surface area (Å²) in [5.74, 6) is -0.464. The van der Waals surface area contributed by atoms with Gasteiger partial charge in [-0.3, -0.25) is 4.79 Å². The van der Waals surface area contributed by atoms with Crippen LogP contribution in [0.3, 0.4) is 0 Å². The highest BCUT2D eigenvalue weighted by Gasteiger charge is 2.02. The van der Waals surface area contributed by atoms with Crippen LogP contribution in [0.4, 0.5) is 0 Å². The molecule has 1 aromatic rings. The zero-order valence-corrected chi connectivity index (χ0v) is 6.87. The Hall–Kier alpha value is -1.35. The van der Waals surface area contributed by atoms with E-state index in [0.29, 0.717) is 11.1 Å². The maximum absolute atomic E-state index is 10.8. The van der Waals surface area contributed by atoms with E-state index in [2.05, 4.69) is 0 Å². The molecule has 1 amide bonds. The maximum atomic E-state index is 10.8. The molecule has 0 atom stereocenters. The third kappa shape index (κ3) is 1.83. The lowest BCUT2D eigenvalue weighted by Crippen LogP contribution is -2.11. The van der Waals surface area contributed by atoms with Crippen LogP contribution in [0.1, 0.15) is 21.5 Å². The second kappa shape index (κ2) is 3.36. The van der Waals surface area contributed by atoms with Crippen molar-refractivity contribution in [2.45, 2.75) is 13.5 Å². The normalized spacial score (nSPS) is 9.83. The molecule has 0 radical (unpaired) electrons. The smallest absolute Gasteiger partial charge is 0.248 e. The molecule has 0 spiro atoms. The summed E-state index contributed by atoms with van der Waals surface area (Å²) >= 11 is 0. The quantitative estimate of drug-likeness (QED) is 0.673. The Bertz CT molecular complexity index is 307. The topological polar surface area (TPSA) is 63.3 Å². The number of aliphatic hydroxyl groups excluding tert-OH is 1. The zero-order valence-electron chi connectivity index (χ0n) is 6.87. The molecule has 0 aromatic heterocycles. The Morgan fingerprint density at radius 3 is 2.67 bits per heavy atom. The molecule has 0 bridgehead atoms. The summed E-state index contributed by atoms with van der Waals surface area (Å²) < 4.78 is 0. The molecule has 3 heteroatoms. The van der Waals surface area contributed by atoms with E-state index in [-0.39, 0.29) is 6.61 Å². The lowest BCUT2D eigenvalue weighted by molar-refractivity contribution is 0.1000. The average Bonchev–Trinajstić information content (AvgIpc) is 2.03. The molecule has 0 aliphatic rings. The molecule has 0 heterocycles. The number of hydrogen-bond acceptors (Lipinski definition) is 2. The van der Waals surface area contributed by atoms with E-state index in [9.17, 15) is 4.79 Å². The summed E-state index contributed by atoms with van der Waals surface area (Å²) in [5.41, 5.74) is 7.17. The van der Waals surface area contributed by atoms with E-state index in [1.54, 1.807) is 12.1 Å². The molecule has 12 heavy (non-hydrogen) atoms. The van der Waals surface area contributed by atoms with Crippen LogP contribution in [-0.4, -0.2) is 11.0 Å². The van der Waals surface area contributed by atoms with Gasteiger partial charge in [0.15, 0.2) is 0 Å². The molecule has 0 aliphatic heterocycles. The van der Waals surface area contributed by atoms with Gasteiger partial charge in [0, 0.05) is 5.56 Å². The highest BCUT2D eigenvalue weighted by atomic mass is 16.3.